The van der Waals surface area contributed by atoms with Crippen molar-refractivity contribution < 1.29 is 0 Å². The van der Waals surface area contributed by atoms with Gasteiger partial charge in [-0.15, -0.1) is 0 Å². The monoisotopic (exact) mass is 353 g/mol. The minimum absolute atomic E-state index is 0.532. The zero-order valence-electron chi connectivity index (χ0n) is 14.7. The molecule has 0 atom stereocenters. The maximum Gasteiger partial charge on any atom is 0.137 e. The molecular weight excluding hydrogens is 334 g/mol. The van der Waals surface area contributed by atoms with E-state index in [9.17, 15) is 0 Å². The van der Waals surface area contributed by atoms with Gasteiger partial charge in [0.15, 0.2) is 0 Å². The van der Waals surface area contributed by atoms with Crippen LogP contribution >= 0.6 is 0 Å². The summed E-state index contributed by atoms with van der Waals surface area (Å²) in [5, 5.41) is 8.82. The molecule has 0 saturated carbocycles. The fourth-order valence-corrected chi connectivity index (χ4v) is 2.79. The Morgan fingerprint density at radius 2 is 1.48 bits per heavy atom. The molecule has 132 valence electrons. The van der Waals surface area contributed by atoms with E-state index in [2.05, 4.69) is 57.0 Å². The first-order valence-electron chi connectivity index (χ1n) is 8.74. The third-order valence-corrected chi connectivity index (χ3v) is 4.20. The van der Waals surface area contributed by atoms with Gasteiger partial charge >= 0.3 is 0 Å². The summed E-state index contributed by atoms with van der Waals surface area (Å²) in [6.07, 6.45) is 3.22. The van der Waals surface area contributed by atoms with E-state index in [-0.39, 0.29) is 0 Å². The van der Waals surface area contributed by atoms with Crippen LogP contribution in [0, 0.1) is 0 Å². The number of nitrogens with one attached hydrogen (secondary N) is 1. The van der Waals surface area contributed by atoms with E-state index >= 15 is 0 Å². The van der Waals surface area contributed by atoms with E-state index in [1.54, 1.807) is 11.0 Å². The van der Waals surface area contributed by atoms with E-state index in [1.807, 2.05) is 48.5 Å². The van der Waals surface area contributed by atoms with Crippen LogP contribution in [0.4, 0.5) is 5.69 Å². The predicted molar refractivity (Wildman–Crippen MR) is 109 cm³/mol. The molecule has 0 saturated heterocycles. The zero-order chi connectivity index (χ0) is 18.3. The third-order valence-electron chi connectivity index (χ3n) is 4.20. The highest BCUT2D eigenvalue weighted by atomic mass is 15.3. The molecule has 0 fully saturated rings. The Morgan fingerprint density at radius 3 is 2.15 bits per heavy atom. The molecule has 0 aliphatic heterocycles. The van der Waals surface area contributed by atoms with Crippen molar-refractivity contribution in [3.63, 3.8) is 0 Å². The fraction of sp³-hybridized carbons (Fsp3) is 0.0455. The first-order valence-corrected chi connectivity index (χ1v) is 8.74. The van der Waals surface area contributed by atoms with Crippen LogP contribution in [0.5, 0.6) is 0 Å². The molecule has 0 amide bonds. The molecule has 0 aliphatic rings. The van der Waals surface area contributed by atoms with Gasteiger partial charge < -0.3 is 0 Å². The summed E-state index contributed by atoms with van der Waals surface area (Å²) in [7, 11) is 0. The topological polar surface area (TPSA) is 55.1 Å². The molecule has 1 aromatic heterocycles. The fourth-order valence-electron chi connectivity index (χ4n) is 2.79. The molecule has 0 unspecified atom stereocenters. The second kappa shape index (κ2) is 8.10. The SMILES string of the molecule is c1ccc(N/N=C(\Cn2cncn2)c2ccc(-c3ccccc3)cc2)cc1. The summed E-state index contributed by atoms with van der Waals surface area (Å²) in [4.78, 5) is 4.02. The van der Waals surface area contributed by atoms with Gasteiger partial charge in [0.25, 0.3) is 0 Å². The molecule has 0 aliphatic carbocycles. The Hall–Kier alpha value is -3.73. The average Bonchev–Trinajstić information content (AvgIpc) is 3.26. The lowest BCUT2D eigenvalue weighted by Gasteiger charge is -2.09. The molecule has 5 heteroatoms. The number of hydrazone groups is 1. The Balaban J connectivity index is 1.61. The van der Waals surface area contributed by atoms with Crippen molar-refractivity contribution in [1.29, 1.82) is 0 Å². The summed E-state index contributed by atoms with van der Waals surface area (Å²) in [5.74, 6) is 0. The van der Waals surface area contributed by atoms with Gasteiger partial charge in [-0.1, -0.05) is 72.8 Å². The average molecular weight is 353 g/mol. The molecule has 0 radical (unpaired) electrons. The Morgan fingerprint density at radius 1 is 0.815 bits per heavy atom. The highest BCUT2D eigenvalue weighted by molar-refractivity contribution is 6.01. The standard InChI is InChI=1S/C22H19N5/c1-3-7-18(8-4-1)19-11-13-20(14-12-19)22(15-27-17-23-16-24-27)26-25-21-9-5-2-6-10-21/h1-14,16-17,25H,15H2/b26-22+. The number of nitrogens with zero attached hydrogens (tertiary/aromatic N) is 4. The van der Waals surface area contributed by atoms with E-state index in [0.717, 1.165) is 17.0 Å². The summed E-state index contributed by atoms with van der Waals surface area (Å²) in [6, 6.07) is 28.6. The van der Waals surface area contributed by atoms with Gasteiger partial charge in [-0.05, 0) is 28.8 Å². The molecule has 1 heterocycles. The van der Waals surface area contributed by atoms with E-state index < -0.39 is 0 Å². The normalized spacial score (nSPS) is 11.3. The Kier molecular flexibility index (Phi) is 5.02. The molecule has 4 aromatic rings. The number of rotatable bonds is 6. The number of aromatic nitrogens is 3. The van der Waals surface area contributed by atoms with Crippen LogP contribution in [0.25, 0.3) is 11.1 Å². The first-order chi connectivity index (χ1) is 13.4. The predicted octanol–water partition coefficient (Wildman–Crippen LogP) is 4.46. The maximum atomic E-state index is 4.62. The highest BCUT2D eigenvalue weighted by Gasteiger charge is 2.07. The summed E-state index contributed by atoms with van der Waals surface area (Å²) in [6.45, 7) is 0.532. The quantitative estimate of drug-likeness (QED) is 0.411. The number of hydrogen-bond acceptors (Lipinski definition) is 4. The van der Waals surface area contributed by atoms with Crippen LogP contribution in [0.2, 0.25) is 0 Å². The third kappa shape index (κ3) is 4.27. The second-order valence-electron chi connectivity index (χ2n) is 6.07. The van der Waals surface area contributed by atoms with Crippen molar-refractivity contribution in [2.45, 2.75) is 6.54 Å². The molecule has 27 heavy (non-hydrogen) atoms. The van der Waals surface area contributed by atoms with Crippen molar-refractivity contribution in [2.24, 2.45) is 5.10 Å². The largest absolute Gasteiger partial charge is 0.278 e. The summed E-state index contributed by atoms with van der Waals surface area (Å²) in [5.41, 5.74) is 8.35. The van der Waals surface area contributed by atoms with Gasteiger partial charge in [0.1, 0.15) is 12.7 Å². The van der Waals surface area contributed by atoms with E-state index in [4.69, 9.17) is 0 Å². The lowest BCUT2D eigenvalue weighted by Crippen LogP contribution is -2.14. The van der Waals surface area contributed by atoms with Gasteiger partial charge in [-0.2, -0.15) is 10.2 Å². The number of hydrogen-bond donors (Lipinski definition) is 1. The first kappa shape index (κ1) is 16.7. The molecule has 3 aromatic carbocycles. The smallest absolute Gasteiger partial charge is 0.137 e. The second-order valence-corrected chi connectivity index (χ2v) is 6.07. The molecule has 5 nitrogen and oxygen atoms in total. The van der Waals surface area contributed by atoms with Crippen LogP contribution in [0.3, 0.4) is 0 Å². The minimum Gasteiger partial charge on any atom is -0.278 e. The number of anilines is 1. The lowest BCUT2D eigenvalue weighted by atomic mass is 10.0. The zero-order valence-corrected chi connectivity index (χ0v) is 14.7. The molecule has 0 spiro atoms. The summed E-state index contributed by atoms with van der Waals surface area (Å²) < 4.78 is 1.76. The van der Waals surface area contributed by atoms with Crippen LogP contribution in [-0.2, 0) is 6.54 Å². The van der Waals surface area contributed by atoms with Crippen molar-refractivity contribution in [2.75, 3.05) is 5.43 Å². The van der Waals surface area contributed by atoms with Crippen LogP contribution in [-0.4, -0.2) is 20.5 Å². The van der Waals surface area contributed by atoms with E-state index in [1.165, 1.54) is 17.5 Å². The Bertz CT molecular complexity index is 992. The maximum absolute atomic E-state index is 4.62. The Labute approximate surface area is 158 Å². The van der Waals surface area contributed by atoms with Crippen molar-refractivity contribution in [3.05, 3.63) is 103 Å². The van der Waals surface area contributed by atoms with Crippen molar-refractivity contribution in [3.8, 4) is 11.1 Å². The van der Waals surface area contributed by atoms with Gasteiger partial charge in [0.2, 0.25) is 0 Å². The summed E-state index contributed by atoms with van der Waals surface area (Å²) >= 11 is 0. The molecule has 0 bridgehead atoms. The van der Waals surface area contributed by atoms with Gasteiger partial charge in [0.05, 0.1) is 17.9 Å². The van der Waals surface area contributed by atoms with Gasteiger partial charge in [-0.25, -0.2) is 9.67 Å². The highest BCUT2D eigenvalue weighted by Crippen LogP contribution is 2.20. The van der Waals surface area contributed by atoms with Crippen molar-refractivity contribution in [1.82, 2.24) is 14.8 Å². The molecule has 4 rings (SSSR count). The number of para-hydroxylation sites is 1. The molecular formula is C22H19N5. The van der Waals surface area contributed by atoms with Crippen molar-refractivity contribution >= 4 is 11.4 Å². The van der Waals surface area contributed by atoms with Crippen LogP contribution in [0.1, 0.15) is 5.56 Å². The van der Waals surface area contributed by atoms with Gasteiger partial charge in [-0.3, -0.25) is 5.43 Å². The minimum atomic E-state index is 0.532. The van der Waals surface area contributed by atoms with E-state index in [0.29, 0.717) is 6.54 Å². The lowest BCUT2D eigenvalue weighted by molar-refractivity contribution is 0.721. The van der Waals surface area contributed by atoms with Crippen LogP contribution < -0.4 is 5.43 Å². The molecule has 1 N–H and O–H groups in total. The number of benzene rings is 3. The van der Waals surface area contributed by atoms with Gasteiger partial charge in [0, 0.05) is 0 Å². The van der Waals surface area contributed by atoms with Crippen LogP contribution in [0.15, 0.2) is 103 Å².